The van der Waals surface area contributed by atoms with Crippen LogP contribution >= 0.6 is 0 Å². The minimum Gasteiger partial charge on any atom is -0.348 e. The van der Waals surface area contributed by atoms with E-state index in [-0.39, 0.29) is 17.9 Å². The molecule has 6 nitrogen and oxygen atoms in total. The molecule has 2 aliphatic rings. The van der Waals surface area contributed by atoms with Crippen molar-refractivity contribution in [2.45, 2.75) is 63.6 Å². The van der Waals surface area contributed by atoms with Gasteiger partial charge >= 0.3 is 0 Å². The Labute approximate surface area is 171 Å². The summed E-state index contributed by atoms with van der Waals surface area (Å²) in [5.41, 5.74) is 4.05. The van der Waals surface area contributed by atoms with Crippen LogP contribution in [-0.4, -0.2) is 21.6 Å². The third-order valence-corrected chi connectivity index (χ3v) is 6.06. The van der Waals surface area contributed by atoms with Gasteiger partial charge in [-0.15, -0.1) is 0 Å². The van der Waals surface area contributed by atoms with Gasteiger partial charge in [-0.1, -0.05) is 31.6 Å². The van der Waals surface area contributed by atoms with Crippen LogP contribution in [0.3, 0.4) is 0 Å². The molecule has 1 atom stereocenters. The molecule has 6 heteroatoms. The Balaban J connectivity index is 1.41. The molecule has 2 aliphatic carbocycles. The molecule has 1 fully saturated rings. The van der Waals surface area contributed by atoms with Crippen LogP contribution in [0.2, 0.25) is 0 Å². The van der Waals surface area contributed by atoms with Crippen molar-refractivity contribution >= 4 is 11.8 Å². The molecule has 152 valence electrons. The summed E-state index contributed by atoms with van der Waals surface area (Å²) >= 11 is 0. The highest BCUT2D eigenvalue weighted by Gasteiger charge is 2.29. The highest BCUT2D eigenvalue weighted by atomic mass is 16.2. The summed E-state index contributed by atoms with van der Waals surface area (Å²) < 4.78 is 2.23. The van der Waals surface area contributed by atoms with Gasteiger partial charge in [0.15, 0.2) is 0 Å². The molecule has 1 aromatic heterocycles. The standard InChI is InChI=1S/C23H28N4O2/c1-2-22(28)24-14-16-10-12-17(13-11-16)23(29)26-20-8-5-9-21-19(20)15-25-27(21)18-6-3-4-7-18/h2,10-13,15,18,20H,1,3-9,14H2,(H,24,28)(H,26,29). The molecule has 4 rings (SSSR count). The maximum absolute atomic E-state index is 12.8. The van der Waals surface area contributed by atoms with E-state index in [1.54, 1.807) is 12.1 Å². The topological polar surface area (TPSA) is 76.0 Å². The van der Waals surface area contributed by atoms with Gasteiger partial charge in [-0.2, -0.15) is 5.10 Å². The van der Waals surface area contributed by atoms with Crippen molar-refractivity contribution in [2.24, 2.45) is 0 Å². The molecule has 1 heterocycles. The van der Waals surface area contributed by atoms with E-state index >= 15 is 0 Å². The molecule has 2 N–H and O–H groups in total. The average Bonchev–Trinajstić information content (AvgIpc) is 3.42. The molecule has 2 aromatic rings. The predicted molar refractivity (Wildman–Crippen MR) is 111 cm³/mol. The fourth-order valence-electron chi connectivity index (χ4n) is 4.47. The number of nitrogens with zero attached hydrogens (tertiary/aromatic N) is 2. The monoisotopic (exact) mass is 392 g/mol. The van der Waals surface area contributed by atoms with Gasteiger partial charge in [-0.05, 0) is 55.9 Å². The lowest BCUT2D eigenvalue weighted by atomic mass is 9.92. The zero-order valence-corrected chi connectivity index (χ0v) is 16.7. The van der Waals surface area contributed by atoms with Crippen LogP contribution in [0.1, 0.15) is 77.8 Å². The molecule has 0 spiro atoms. The van der Waals surface area contributed by atoms with Gasteiger partial charge in [0.25, 0.3) is 5.91 Å². The molecular formula is C23H28N4O2. The molecule has 1 saturated carbocycles. The first kappa shape index (κ1) is 19.4. The molecular weight excluding hydrogens is 364 g/mol. The average molecular weight is 393 g/mol. The fourth-order valence-corrected chi connectivity index (χ4v) is 4.47. The largest absolute Gasteiger partial charge is 0.348 e. The van der Waals surface area contributed by atoms with Crippen molar-refractivity contribution in [3.63, 3.8) is 0 Å². The number of aromatic nitrogens is 2. The van der Waals surface area contributed by atoms with Gasteiger partial charge in [-0.3, -0.25) is 14.3 Å². The van der Waals surface area contributed by atoms with Gasteiger partial charge in [0.1, 0.15) is 0 Å². The predicted octanol–water partition coefficient (Wildman–Crippen LogP) is 3.61. The van der Waals surface area contributed by atoms with E-state index in [1.807, 2.05) is 18.3 Å². The summed E-state index contributed by atoms with van der Waals surface area (Å²) in [4.78, 5) is 24.1. The first-order valence-electron chi connectivity index (χ1n) is 10.5. The summed E-state index contributed by atoms with van der Waals surface area (Å²) in [5.74, 6) is -0.281. The fraction of sp³-hybridized carbons (Fsp3) is 0.435. The van der Waals surface area contributed by atoms with Crippen molar-refractivity contribution in [3.8, 4) is 0 Å². The van der Waals surface area contributed by atoms with Crippen LogP contribution in [-0.2, 0) is 17.8 Å². The Hall–Kier alpha value is -2.89. The first-order chi connectivity index (χ1) is 14.2. The number of carbonyl (C=O) groups is 2. The lowest BCUT2D eigenvalue weighted by Gasteiger charge is -2.25. The number of hydrogen-bond donors (Lipinski definition) is 2. The zero-order chi connectivity index (χ0) is 20.2. The number of rotatable bonds is 6. The van der Waals surface area contributed by atoms with Gasteiger partial charge in [0.05, 0.1) is 18.3 Å². The van der Waals surface area contributed by atoms with Gasteiger partial charge in [0, 0.05) is 23.4 Å². The van der Waals surface area contributed by atoms with Crippen molar-refractivity contribution in [1.82, 2.24) is 20.4 Å². The maximum atomic E-state index is 12.8. The normalized spacial score (nSPS) is 18.8. The Morgan fingerprint density at radius 2 is 1.90 bits per heavy atom. The molecule has 1 unspecified atom stereocenters. The number of amides is 2. The third-order valence-electron chi connectivity index (χ3n) is 6.06. The van der Waals surface area contributed by atoms with E-state index in [9.17, 15) is 9.59 Å². The Kier molecular flexibility index (Phi) is 5.79. The molecule has 0 bridgehead atoms. The number of fused-ring (bicyclic) bond motifs is 1. The SMILES string of the molecule is C=CC(=O)NCc1ccc(C(=O)NC2CCCc3c2cnn3C2CCCC2)cc1. The highest BCUT2D eigenvalue weighted by Crippen LogP contribution is 2.36. The van der Waals surface area contributed by atoms with Crippen molar-refractivity contribution < 1.29 is 9.59 Å². The van der Waals surface area contributed by atoms with E-state index in [2.05, 4.69) is 27.0 Å². The van der Waals surface area contributed by atoms with E-state index in [4.69, 9.17) is 0 Å². The van der Waals surface area contributed by atoms with Crippen LogP contribution in [0, 0.1) is 0 Å². The smallest absolute Gasteiger partial charge is 0.251 e. The summed E-state index contributed by atoms with van der Waals surface area (Å²) in [6.07, 6.45) is 11.3. The molecule has 1 aromatic carbocycles. The van der Waals surface area contributed by atoms with Crippen LogP contribution in [0.4, 0.5) is 0 Å². The second-order valence-electron chi connectivity index (χ2n) is 7.97. The Morgan fingerprint density at radius 3 is 2.62 bits per heavy atom. The number of benzene rings is 1. The summed E-state index contributed by atoms with van der Waals surface area (Å²) in [6, 6.07) is 7.88. The zero-order valence-electron chi connectivity index (χ0n) is 16.7. The van der Waals surface area contributed by atoms with Crippen molar-refractivity contribution in [3.05, 3.63) is 65.5 Å². The van der Waals surface area contributed by atoms with Gasteiger partial charge in [0.2, 0.25) is 5.91 Å². The maximum Gasteiger partial charge on any atom is 0.251 e. The van der Waals surface area contributed by atoms with E-state index in [1.165, 1.54) is 43.0 Å². The molecule has 2 amide bonds. The summed E-state index contributed by atoms with van der Waals surface area (Å²) in [5, 5.41) is 10.6. The van der Waals surface area contributed by atoms with Gasteiger partial charge in [-0.25, -0.2) is 0 Å². The van der Waals surface area contributed by atoms with E-state index < -0.39 is 0 Å². The van der Waals surface area contributed by atoms with Crippen molar-refractivity contribution in [2.75, 3.05) is 0 Å². The second-order valence-corrected chi connectivity index (χ2v) is 7.97. The second kappa shape index (κ2) is 8.64. The van der Waals surface area contributed by atoms with Crippen molar-refractivity contribution in [1.29, 1.82) is 0 Å². The number of carbonyl (C=O) groups excluding carboxylic acids is 2. The van der Waals surface area contributed by atoms with Crippen LogP contribution < -0.4 is 10.6 Å². The molecule has 0 aliphatic heterocycles. The van der Waals surface area contributed by atoms with Gasteiger partial charge < -0.3 is 10.6 Å². The molecule has 29 heavy (non-hydrogen) atoms. The summed E-state index contributed by atoms with van der Waals surface area (Å²) in [7, 11) is 0. The number of nitrogens with one attached hydrogen (secondary N) is 2. The van der Waals surface area contributed by atoms with E-state index in [0.29, 0.717) is 18.2 Å². The number of hydrogen-bond acceptors (Lipinski definition) is 3. The highest BCUT2D eigenvalue weighted by molar-refractivity contribution is 5.94. The van der Waals surface area contributed by atoms with Crippen LogP contribution in [0.5, 0.6) is 0 Å². The lowest BCUT2D eigenvalue weighted by Crippen LogP contribution is -2.31. The van der Waals surface area contributed by atoms with Crippen LogP contribution in [0.25, 0.3) is 0 Å². The molecule has 0 saturated heterocycles. The van der Waals surface area contributed by atoms with E-state index in [0.717, 1.165) is 24.8 Å². The third kappa shape index (κ3) is 4.26. The minimum absolute atomic E-state index is 0.0213. The first-order valence-corrected chi connectivity index (χ1v) is 10.5. The summed E-state index contributed by atoms with van der Waals surface area (Å²) in [6.45, 7) is 3.85. The molecule has 0 radical (unpaired) electrons. The quantitative estimate of drug-likeness (QED) is 0.738. The lowest BCUT2D eigenvalue weighted by molar-refractivity contribution is -0.116. The Bertz CT molecular complexity index is 894. The van der Waals surface area contributed by atoms with Crippen LogP contribution in [0.15, 0.2) is 43.1 Å². The Morgan fingerprint density at radius 1 is 1.14 bits per heavy atom. The minimum atomic E-state index is -0.210.